The fourth-order valence-corrected chi connectivity index (χ4v) is 10.1. The van der Waals surface area contributed by atoms with E-state index in [1.165, 1.54) is 11.8 Å². The Morgan fingerprint density at radius 3 is 2.61 bits per heavy atom. The van der Waals surface area contributed by atoms with Crippen molar-refractivity contribution >= 4 is 23.6 Å². The molecular formula is C36H45N5O9S. The Labute approximate surface area is 301 Å². The molecule has 2 saturated heterocycles. The molecule has 5 aliphatic rings. The number of esters is 1. The van der Waals surface area contributed by atoms with Gasteiger partial charge >= 0.3 is 5.97 Å². The van der Waals surface area contributed by atoms with Gasteiger partial charge in [0.05, 0.1) is 36.6 Å². The molecule has 5 heterocycles. The zero-order valence-corrected chi connectivity index (χ0v) is 30.7. The summed E-state index contributed by atoms with van der Waals surface area (Å²) in [5, 5.41) is 25.4. The Morgan fingerprint density at radius 2 is 1.92 bits per heavy atom. The van der Waals surface area contributed by atoms with E-state index in [0.29, 0.717) is 46.1 Å². The number of benzene rings is 2. The number of carbonyl (C=O) groups is 2. The summed E-state index contributed by atoms with van der Waals surface area (Å²) in [6.07, 6.45) is 0.552. The van der Waals surface area contributed by atoms with Crippen LogP contribution in [0.3, 0.4) is 0 Å². The number of likely N-dealkylation sites (N-methyl/N-ethyl adjacent to an activating group) is 1. The van der Waals surface area contributed by atoms with Crippen LogP contribution < -0.4 is 30.0 Å². The number of thioether (sulfide) groups is 1. The molecule has 0 aromatic heterocycles. The van der Waals surface area contributed by atoms with Gasteiger partial charge in [0.25, 0.3) is 0 Å². The second-order valence-electron chi connectivity index (χ2n) is 14.2. The molecule has 0 aliphatic carbocycles. The maximum absolute atomic E-state index is 13.7. The summed E-state index contributed by atoms with van der Waals surface area (Å²) in [6.45, 7) is 7.22. The van der Waals surface area contributed by atoms with Gasteiger partial charge in [0.15, 0.2) is 29.8 Å². The minimum atomic E-state index is -1.01. The number of hydrogen-bond acceptors (Lipinski definition) is 14. The normalized spacial score (nSPS) is 28.5. The number of nitrogens with one attached hydrogen (secondary N) is 1. The third-order valence-corrected chi connectivity index (χ3v) is 12.5. The van der Waals surface area contributed by atoms with Crippen LogP contribution in [0.1, 0.15) is 64.6 Å². The van der Waals surface area contributed by atoms with Gasteiger partial charge in [-0.2, -0.15) is 5.26 Å². The number of piperazine rings is 1. The molecule has 7 rings (SSSR count). The van der Waals surface area contributed by atoms with E-state index in [0.717, 1.165) is 16.7 Å². The fourth-order valence-electron chi connectivity index (χ4n) is 8.62. The molecule has 14 nitrogen and oxygen atoms in total. The molecule has 2 fully saturated rings. The molecule has 2 aromatic rings. The first kappa shape index (κ1) is 35.5. The van der Waals surface area contributed by atoms with E-state index in [1.54, 1.807) is 21.1 Å². The molecule has 0 spiro atoms. The summed E-state index contributed by atoms with van der Waals surface area (Å²) >= 11 is 1.41. The average Bonchev–Trinajstić information content (AvgIpc) is 3.60. The third-order valence-electron chi connectivity index (χ3n) is 11.1. The number of nitrogens with two attached hydrogens (primary N) is 1. The molecule has 4 bridgehead atoms. The SMILES string of the molecule is COCOc1c(OC)c(C)cc2c1[C@@H]1C3[C@@H]4SC[C@H](NC(=O)C(N)C(C)C)C(=O)OC[C@@H](c5c6c(c(C)c(O)c54)OCO6)N3[C@@H](C#N)[C@H](C2)N1C. The Hall–Kier alpha value is -3.94. The van der Waals surface area contributed by atoms with Crippen molar-refractivity contribution in [2.75, 3.05) is 47.2 Å². The highest BCUT2D eigenvalue weighted by Gasteiger charge is 2.60. The molecule has 15 heteroatoms. The van der Waals surface area contributed by atoms with Gasteiger partial charge in [0.2, 0.25) is 12.7 Å². The lowest BCUT2D eigenvalue weighted by atomic mass is 9.71. The first-order valence-electron chi connectivity index (χ1n) is 17.1. The number of amides is 1. The van der Waals surface area contributed by atoms with Crippen molar-refractivity contribution in [1.29, 1.82) is 5.26 Å². The van der Waals surface area contributed by atoms with Crippen molar-refractivity contribution in [2.45, 2.75) is 81.7 Å². The molecule has 0 radical (unpaired) electrons. The summed E-state index contributed by atoms with van der Waals surface area (Å²) in [5.41, 5.74) is 10.8. The number of ether oxygens (including phenoxy) is 6. The number of rotatable bonds is 7. The molecule has 4 N–H and O–H groups in total. The van der Waals surface area contributed by atoms with Crippen LogP contribution in [0.2, 0.25) is 0 Å². The summed E-state index contributed by atoms with van der Waals surface area (Å²) in [5.74, 6) is 1.00. The van der Waals surface area contributed by atoms with Crippen molar-refractivity contribution in [3.05, 3.63) is 39.4 Å². The lowest BCUT2D eigenvalue weighted by molar-refractivity contribution is -0.152. The van der Waals surface area contributed by atoms with E-state index < -0.39 is 47.3 Å². The van der Waals surface area contributed by atoms with E-state index >= 15 is 0 Å². The Balaban J connectivity index is 1.46. The van der Waals surface area contributed by atoms with Crippen LogP contribution in [0, 0.1) is 31.1 Å². The summed E-state index contributed by atoms with van der Waals surface area (Å²) < 4.78 is 35.6. The number of fused-ring (bicyclic) bond motifs is 9. The van der Waals surface area contributed by atoms with E-state index in [-0.39, 0.29) is 49.7 Å². The lowest BCUT2D eigenvalue weighted by Gasteiger charge is -2.61. The number of methoxy groups -OCH3 is 2. The van der Waals surface area contributed by atoms with Gasteiger partial charge in [-0.1, -0.05) is 19.9 Å². The molecule has 274 valence electrons. The number of cyclic esters (lactones) is 1. The molecule has 2 aromatic carbocycles. The standard InChI is InChI=1S/C36H45N5O9S/c1-15(2)26(38)35(43)39-19-12-51-34-25-24(33-31(49-14-50-33)17(4)29(25)42)22(11-47-36(19)44)41-21(10-37)20-9-18-8-16(3)30(46-7)32(48-13-45-6)23(18)27(28(34)41)40(20)5/h8,15,19-22,26-28,34,42H,9,11-14,38H2,1-7H3,(H,39,43)/t19-,20-,21-,22-,26?,27+,28?,34+/m0/s1. The van der Waals surface area contributed by atoms with Crippen LogP contribution in [-0.2, 0) is 25.5 Å². The monoisotopic (exact) mass is 723 g/mol. The van der Waals surface area contributed by atoms with Gasteiger partial charge in [0, 0.05) is 47.2 Å². The highest BCUT2D eigenvalue weighted by molar-refractivity contribution is 7.99. The van der Waals surface area contributed by atoms with Gasteiger partial charge in [-0.15, -0.1) is 11.8 Å². The molecule has 0 saturated carbocycles. The molecule has 8 atom stereocenters. The molecule has 51 heavy (non-hydrogen) atoms. The zero-order valence-electron chi connectivity index (χ0n) is 29.8. The third kappa shape index (κ3) is 5.45. The number of nitriles is 1. The van der Waals surface area contributed by atoms with Crippen LogP contribution in [-0.4, -0.2) is 104 Å². The molecular weight excluding hydrogens is 678 g/mol. The Morgan fingerprint density at radius 1 is 1.18 bits per heavy atom. The van der Waals surface area contributed by atoms with Gasteiger partial charge in [-0.3, -0.25) is 14.6 Å². The van der Waals surface area contributed by atoms with Crippen molar-refractivity contribution in [3.63, 3.8) is 0 Å². The largest absolute Gasteiger partial charge is 0.507 e. The van der Waals surface area contributed by atoms with Gasteiger partial charge in [-0.25, -0.2) is 4.79 Å². The Kier molecular flexibility index (Phi) is 9.43. The van der Waals surface area contributed by atoms with Crippen molar-refractivity contribution < 1.29 is 43.1 Å². The summed E-state index contributed by atoms with van der Waals surface area (Å²) in [7, 11) is 5.19. The minimum Gasteiger partial charge on any atom is -0.507 e. The first-order valence-corrected chi connectivity index (χ1v) is 18.2. The highest BCUT2D eigenvalue weighted by Crippen LogP contribution is 2.63. The van der Waals surface area contributed by atoms with Crippen LogP contribution >= 0.6 is 11.8 Å². The zero-order chi connectivity index (χ0) is 36.5. The number of carbonyl (C=O) groups excluding carboxylic acids is 2. The van der Waals surface area contributed by atoms with Crippen LogP contribution in [0.25, 0.3) is 0 Å². The quantitative estimate of drug-likeness (QED) is 0.281. The van der Waals surface area contributed by atoms with Crippen molar-refractivity contribution in [1.82, 2.24) is 15.1 Å². The average molecular weight is 724 g/mol. The van der Waals surface area contributed by atoms with E-state index in [1.807, 2.05) is 27.8 Å². The number of phenolic OH excluding ortho intramolecular Hbond substituents is 1. The van der Waals surface area contributed by atoms with Crippen molar-refractivity contribution in [2.24, 2.45) is 11.7 Å². The number of nitrogens with zero attached hydrogens (tertiary/aromatic N) is 3. The van der Waals surface area contributed by atoms with Gasteiger partial charge in [0.1, 0.15) is 24.4 Å². The second kappa shape index (κ2) is 13.6. The predicted octanol–water partition coefficient (Wildman–Crippen LogP) is 2.76. The smallest absolute Gasteiger partial charge is 0.329 e. The maximum Gasteiger partial charge on any atom is 0.329 e. The van der Waals surface area contributed by atoms with E-state index in [9.17, 15) is 20.0 Å². The number of hydrogen-bond donors (Lipinski definition) is 3. The highest BCUT2D eigenvalue weighted by atomic mass is 32.2. The van der Waals surface area contributed by atoms with E-state index in [2.05, 4.69) is 27.3 Å². The number of aromatic hydroxyl groups is 1. The van der Waals surface area contributed by atoms with Crippen LogP contribution in [0.5, 0.6) is 28.7 Å². The molecule has 2 unspecified atom stereocenters. The Bertz CT molecular complexity index is 1800. The predicted molar refractivity (Wildman–Crippen MR) is 186 cm³/mol. The summed E-state index contributed by atoms with van der Waals surface area (Å²) in [4.78, 5) is 31.3. The van der Waals surface area contributed by atoms with Crippen LogP contribution in [0.15, 0.2) is 6.07 Å². The molecule has 1 amide bonds. The molecule has 5 aliphatic heterocycles. The van der Waals surface area contributed by atoms with E-state index in [4.69, 9.17) is 34.2 Å². The number of aryl methyl sites for hydroxylation is 1. The number of phenols is 1. The summed E-state index contributed by atoms with van der Waals surface area (Å²) in [6, 6.07) is 0.465. The topological polar surface area (TPSA) is 178 Å². The van der Waals surface area contributed by atoms with Crippen LogP contribution in [0.4, 0.5) is 0 Å². The minimum absolute atomic E-state index is 0.00967. The second-order valence-corrected chi connectivity index (χ2v) is 15.3. The maximum atomic E-state index is 13.7. The van der Waals surface area contributed by atoms with Crippen molar-refractivity contribution in [3.8, 4) is 34.8 Å². The first-order chi connectivity index (χ1) is 24.4. The van der Waals surface area contributed by atoms with Gasteiger partial charge in [-0.05, 0) is 44.4 Å². The van der Waals surface area contributed by atoms with Gasteiger partial charge < -0.3 is 44.6 Å². The lowest BCUT2D eigenvalue weighted by Crippen LogP contribution is -2.69. The fraction of sp³-hybridized carbons (Fsp3) is 0.583.